The molecule has 0 aliphatic carbocycles. The third kappa shape index (κ3) is 4.66. The monoisotopic (exact) mass is 289 g/mol. The van der Waals surface area contributed by atoms with Crippen LogP contribution in [0.2, 0.25) is 0 Å². The van der Waals surface area contributed by atoms with Gasteiger partial charge in [-0.25, -0.2) is 8.93 Å². The molecule has 2 atom stereocenters. The number of nitrogens with one attached hydrogen (secondary N) is 1. The van der Waals surface area contributed by atoms with Crippen molar-refractivity contribution in [2.75, 3.05) is 13.3 Å². The van der Waals surface area contributed by atoms with E-state index in [-0.39, 0.29) is 0 Å². The summed E-state index contributed by atoms with van der Waals surface area (Å²) in [5.74, 6) is -0.825. The third-order valence-corrected chi connectivity index (χ3v) is 4.40. The van der Waals surface area contributed by atoms with Gasteiger partial charge >= 0.3 is 0 Å². The Kier molecular flexibility index (Phi) is 6.07. The third-order valence-electron chi connectivity index (χ3n) is 2.82. The second kappa shape index (κ2) is 7.10. The van der Waals surface area contributed by atoms with Crippen LogP contribution in [0.1, 0.15) is 32.4 Å². The molecule has 0 aromatic heterocycles. The van der Waals surface area contributed by atoms with Crippen LogP contribution in [0.25, 0.3) is 0 Å². The summed E-state index contributed by atoms with van der Waals surface area (Å²) in [7, 11) is -1.38. The molecule has 0 fully saturated rings. The van der Waals surface area contributed by atoms with E-state index in [1.807, 2.05) is 26.8 Å². The minimum Gasteiger partial charge on any atom is -0.251 e. The molecule has 1 N–H and O–H groups in total. The molecule has 0 saturated heterocycles. The van der Waals surface area contributed by atoms with E-state index < -0.39 is 41.0 Å². The molecule has 0 aliphatic heterocycles. The number of hydrogen-bond acceptors (Lipinski definition) is 1. The van der Waals surface area contributed by atoms with Crippen LogP contribution in [0.4, 0.5) is 8.78 Å². The van der Waals surface area contributed by atoms with Crippen molar-refractivity contribution in [3.05, 3.63) is 35.9 Å². The van der Waals surface area contributed by atoms with Gasteiger partial charge in [0.2, 0.25) is 0 Å². The van der Waals surface area contributed by atoms with E-state index in [4.69, 9.17) is 0 Å². The first kappa shape index (κ1) is 16.2. The van der Waals surface area contributed by atoms with E-state index in [0.29, 0.717) is 0 Å². The van der Waals surface area contributed by atoms with Crippen LogP contribution < -0.4 is 4.72 Å². The summed E-state index contributed by atoms with van der Waals surface area (Å²) >= 11 is 0. The zero-order valence-corrected chi connectivity index (χ0v) is 12.3. The molecule has 5 heteroatoms. The summed E-state index contributed by atoms with van der Waals surface area (Å²) in [6.07, 6.45) is 0. The lowest BCUT2D eigenvalue weighted by Crippen LogP contribution is -2.39. The molecule has 108 valence electrons. The molecule has 0 unspecified atom stereocenters. The van der Waals surface area contributed by atoms with Crippen LogP contribution in [0.15, 0.2) is 30.3 Å². The fourth-order valence-electron chi connectivity index (χ4n) is 1.61. The Balaban J connectivity index is 2.97. The molecule has 0 heterocycles. The van der Waals surface area contributed by atoms with E-state index in [1.165, 1.54) is 0 Å². The second-order valence-electron chi connectivity index (χ2n) is 5.46. The largest absolute Gasteiger partial charge is 0.251 e. The lowest BCUT2D eigenvalue weighted by Gasteiger charge is -2.28. The van der Waals surface area contributed by atoms with Crippen molar-refractivity contribution in [2.45, 2.75) is 31.6 Å². The number of alkyl halides is 2. The molecule has 0 saturated carbocycles. The van der Waals surface area contributed by atoms with Crippen LogP contribution in [-0.2, 0) is 11.0 Å². The molecule has 0 amide bonds. The predicted molar refractivity (Wildman–Crippen MR) is 75.7 cm³/mol. The number of rotatable bonds is 6. The van der Waals surface area contributed by atoms with Gasteiger partial charge in [0.15, 0.2) is 0 Å². The Morgan fingerprint density at radius 2 is 1.68 bits per heavy atom. The SMILES string of the molecule is CC(C)(C)[S@@](=O)N[C@H](c1ccccc1)C(CF)CF. The van der Waals surface area contributed by atoms with Crippen molar-refractivity contribution in [1.29, 1.82) is 0 Å². The van der Waals surface area contributed by atoms with Crippen molar-refractivity contribution >= 4 is 11.0 Å². The standard InChI is InChI=1S/C14H21F2NOS/c1-14(2,3)19(18)17-13(12(9-15)10-16)11-7-5-4-6-8-11/h4-8,12-13,17H,9-10H2,1-3H3/t13-,19-/m1/s1. The number of hydrogen-bond donors (Lipinski definition) is 1. The Morgan fingerprint density at radius 3 is 2.11 bits per heavy atom. The van der Waals surface area contributed by atoms with Crippen LogP contribution in [0.5, 0.6) is 0 Å². The fourth-order valence-corrected chi connectivity index (χ4v) is 2.52. The first-order chi connectivity index (χ1) is 8.90. The molecular formula is C14H21F2NOS. The van der Waals surface area contributed by atoms with Crippen LogP contribution >= 0.6 is 0 Å². The molecule has 0 radical (unpaired) electrons. The summed E-state index contributed by atoms with van der Waals surface area (Å²) in [6, 6.07) is 8.43. The van der Waals surface area contributed by atoms with E-state index in [0.717, 1.165) is 5.56 Å². The molecule has 1 aromatic rings. The lowest BCUT2D eigenvalue weighted by atomic mass is 9.96. The second-order valence-corrected chi connectivity index (χ2v) is 7.45. The highest BCUT2D eigenvalue weighted by Crippen LogP contribution is 2.25. The zero-order valence-electron chi connectivity index (χ0n) is 11.5. The van der Waals surface area contributed by atoms with E-state index in [9.17, 15) is 13.0 Å². The van der Waals surface area contributed by atoms with Gasteiger partial charge in [-0.15, -0.1) is 0 Å². The van der Waals surface area contributed by atoms with E-state index in [1.54, 1.807) is 24.3 Å². The maximum atomic E-state index is 13.0. The van der Waals surface area contributed by atoms with Crippen molar-refractivity contribution in [2.24, 2.45) is 5.92 Å². The molecule has 0 aliphatic rings. The summed E-state index contributed by atoms with van der Waals surface area (Å²) < 4.78 is 40.4. The Hall–Kier alpha value is -0.810. The van der Waals surface area contributed by atoms with Gasteiger partial charge in [0.25, 0.3) is 0 Å². The van der Waals surface area contributed by atoms with Gasteiger partial charge in [-0.1, -0.05) is 30.3 Å². The Labute approximate surface area is 116 Å². The first-order valence-corrected chi connectivity index (χ1v) is 7.40. The summed E-state index contributed by atoms with van der Waals surface area (Å²) in [4.78, 5) is 0. The molecule has 1 rings (SSSR count). The minimum atomic E-state index is -1.38. The average molecular weight is 289 g/mol. The Morgan fingerprint density at radius 1 is 1.16 bits per heavy atom. The summed E-state index contributed by atoms with van der Waals surface area (Å²) in [5.41, 5.74) is 0.750. The van der Waals surface area contributed by atoms with Gasteiger partial charge in [0.05, 0.1) is 35.1 Å². The molecule has 1 aromatic carbocycles. The maximum absolute atomic E-state index is 13.0. The van der Waals surface area contributed by atoms with Crippen LogP contribution in [0.3, 0.4) is 0 Å². The number of halogens is 2. The van der Waals surface area contributed by atoms with Crippen molar-refractivity contribution < 1.29 is 13.0 Å². The van der Waals surface area contributed by atoms with Crippen molar-refractivity contribution in [3.8, 4) is 0 Å². The quantitative estimate of drug-likeness (QED) is 0.855. The fraction of sp³-hybridized carbons (Fsp3) is 0.571. The van der Waals surface area contributed by atoms with Gasteiger partial charge in [0.1, 0.15) is 0 Å². The van der Waals surface area contributed by atoms with Crippen molar-refractivity contribution in [1.82, 2.24) is 4.72 Å². The van der Waals surface area contributed by atoms with Crippen LogP contribution in [-0.4, -0.2) is 22.3 Å². The predicted octanol–water partition coefficient (Wildman–Crippen LogP) is 3.33. The summed E-state index contributed by atoms with van der Waals surface area (Å²) in [5, 5.41) is 0. The molecular weight excluding hydrogens is 268 g/mol. The highest BCUT2D eigenvalue weighted by molar-refractivity contribution is 7.84. The zero-order chi connectivity index (χ0) is 14.5. The number of benzene rings is 1. The molecule has 2 nitrogen and oxygen atoms in total. The molecule has 0 spiro atoms. The van der Waals surface area contributed by atoms with Gasteiger partial charge in [0, 0.05) is 5.92 Å². The molecule has 19 heavy (non-hydrogen) atoms. The smallest absolute Gasteiger partial charge is 0.0976 e. The lowest BCUT2D eigenvalue weighted by molar-refractivity contribution is 0.245. The van der Waals surface area contributed by atoms with E-state index >= 15 is 0 Å². The van der Waals surface area contributed by atoms with Crippen molar-refractivity contribution in [3.63, 3.8) is 0 Å². The van der Waals surface area contributed by atoms with Gasteiger partial charge in [-0.05, 0) is 26.3 Å². The maximum Gasteiger partial charge on any atom is 0.0976 e. The minimum absolute atomic E-state index is 0.482. The summed E-state index contributed by atoms with van der Waals surface area (Å²) in [6.45, 7) is 3.88. The highest BCUT2D eigenvalue weighted by atomic mass is 32.2. The van der Waals surface area contributed by atoms with Crippen LogP contribution in [0, 0.1) is 5.92 Å². The topological polar surface area (TPSA) is 29.1 Å². The van der Waals surface area contributed by atoms with Gasteiger partial charge < -0.3 is 0 Å². The Bertz CT molecular complexity index is 402. The normalized spacial score (nSPS) is 15.5. The highest BCUT2D eigenvalue weighted by Gasteiger charge is 2.29. The average Bonchev–Trinajstić information content (AvgIpc) is 2.38. The van der Waals surface area contributed by atoms with Gasteiger partial charge in [-0.2, -0.15) is 0 Å². The molecule has 0 bridgehead atoms. The van der Waals surface area contributed by atoms with E-state index in [2.05, 4.69) is 4.72 Å². The van der Waals surface area contributed by atoms with Gasteiger partial charge in [-0.3, -0.25) is 8.78 Å². The first-order valence-electron chi connectivity index (χ1n) is 6.25.